The van der Waals surface area contributed by atoms with E-state index >= 15 is 0 Å². The molecule has 1 unspecified atom stereocenters. The van der Waals surface area contributed by atoms with Crippen molar-refractivity contribution in [2.45, 2.75) is 32.7 Å². The third kappa shape index (κ3) is 4.97. The summed E-state index contributed by atoms with van der Waals surface area (Å²) in [6.07, 6.45) is 2.72. The van der Waals surface area contributed by atoms with Crippen LogP contribution in [0, 0.1) is 11.7 Å². The Balaban J connectivity index is 1.72. The molecule has 0 saturated carbocycles. The molecule has 0 fully saturated rings. The largest absolute Gasteiger partial charge is 0.465 e. The van der Waals surface area contributed by atoms with Crippen molar-refractivity contribution in [3.05, 3.63) is 50.6 Å². The summed E-state index contributed by atoms with van der Waals surface area (Å²) in [6, 6.07) is 4.54. The van der Waals surface area contributed by atoms with E-state index in [0.29, 0.717) is 27.1 Å². The summed E-state index contributed by atoms with van der Waals surface area (Å²) in [5.74, 6) is -0.500. The number of carbonyl (C=O) groups is 2. The fraction of sp³-hybridized carbons (Fsp3) is 0.429. The van der Waals surface area contributed by atoms with E-state index in [2.05, 4.69) is 12.2 Å². The standard InChI is InChI=1S/C21H24ClFN2O3S/c1-12-7-8-13-17(9-12)29-20(19(13)21(27)28-3)24-18(26)11-25(2)10-14-15(22)5-4-6-16(14)23/h4-6,12H,7-11H2,1-3H3,(H,24,26)/p+1/t12-/m0/s1. The van der Waals surface area contributed by atoms with Gasteiger partial charge in [0, 0.05) is 4.88 Å². The van der Waals surface area contributed by atoms with Crippen LogP contribution in [0.3, 0.4) is 0 Å². The van der Waals surface area contributed by atoms with Crippen molar-refractivity contribution in [3.8, 4) is 0 Å². The molecule has 1 heterocycles. The van der Waals surface area contributed by atoms with Crippen molar-refractivity contribution in [1.82, 2.24) is 0 Å². The first kappa shape index (κ1) is 21.7. The van der Waals surface area contributed by atoms with Crippen molar-refractivity contribution in [1.29, 1.82) is 0 Å². The summed E-state index contributed by atoms with van der Waals surface area (Å²) >= 11 is 7.53. The molecule has 8 heteroatoms. The molecular weight excluding hydrogens is 415 g/mol. The lowest BCUT2D eigenvalue weighted by atomic mass is 9.88. The number of likely N-dealkylation sites (N-methyl/N-ethyl adjacent to an activating group) is 1. The maximum atomic E-state index is 14.0. The molecule has 0 bridgehead atoms. The van der Waals surface area contributed by atoms with Gasteiger partial charge < -0.3 is 15.0 Å². The molecule has 0 radical (unpaired) electrons. The van der Waals surface area contributed by atoms with E-state index < -0.39 is 5.97 Å². The zero-order chi connectivity index (χ0) is 21.1. The maximum absolute atomic E-state index is 14.0. The van der Waals surface area contributed by atoms with Crippen LogP contribution in [0.25, 0.3) is 0 Å². The first-order valence-electron chi connectivity index (χ1n) is 9.57. The van der Waals surface area contributed by atoms with Crippen LogP contribution < -0.4 is 10.2 Å². The molecule has 0 spiro atoms. The number of halogens is 2. The number of rotatable bonds is 6. The molecule has 1 aromatic carbocycles. The molecule has 1 aliphatic carbocycles. The van der Waals surface area contributed by atoms with Crippen LogP contribution in [-0.2, 0) is 28.9 Å². The van der Waals surface area contributed by atoms with E-state index in [1.54, 1.807) is 19.2 Å². The molecule has 29 heavy (non-hydrogen) atoms. The Morgan fingerprint density at radius 3 is 2.86 bits per heavy atom. The lowest BCUT2D eigenvalue weighted by Crippen LogP contribution is -3.08. The van der Waals surface area contributed by atoms with Crippen molar-refractivity contribution in [2.24, 2.45) is 5.92 Å². The van der Waals surface area contributed by atoms with Crippen LogP contribution in [-0.4, -0.2) is 32.6 Å². The van der Waals surface area contributed by atoms with Crippen LogP contribution in [0.5, 0.6) is 0 Å². The number of benzene rings is 1. The number of nitrogens with one attached hydrogen (secondary N) is 2. The summed E-state index contributed by atoms with van der Waals surface area (Å²) in [5.41, 5.74) is 1.85. The highest BCUT2D eigenvalue weighted by Gasteiger charge is 2.29. The lowest BCUT2D eigenvalue weighted by molar-refractivity contribution is -0.885. The van der Waals surface area contributed by atoms with Gasteiger partial charge in [0.15, 0.2) is 6.54 Å². The number of quaternary nitrogens is 1. The van der Waals surface area contributed by atoms with Crippen LogP contribution in [0.4, 0.5) is 9.39 Å². The van der Waals surface area contributed by atoms with Gasteiger partial charge in [-0.05, 0) is 42.9 Å². The second-order valence-electron chi connectivity index (χ2n) is 7.61. The van der Waals surface area contributed by atoms with E-state index in [4.69, 9.17) is 16.3 Å². The van der Waals surface area contributed by atoms with E-state index in [0.717, 1.165) is 34.6 Å². The zero-order valence-electron chi connectivity index (χ0n) is 16.7. The minimum Gasteiger partial charge on any atom is -0.465 e. The zero-order valence-corrected chi connectivity index (χ0v) is 18.3. The van der Waals surface area contributed by atoms with E-state index in [1.165, 1.54) is 24.5 Å². The van der Waals surface area contributed by atoms with Gasteiger partial charge in [-0.3, -0.25) is 4.79 Å². The third-order valence-electron chi connectivity index (χ3n) is 5.16. The number of hydrogen-bond acceptors (Lipinski definition) is 4. The Morgan fingerprint density at radius 2 is 2.17 bits per heavy atom. The predicted molar refractivity (Wildman–Crippen MR) is 112 cm³/mol. The minimum absolute atomic E-state index is 0.115. The molecule has 1 aromatic heterocycles. The fourth-order valence-electron chi connectivity index (χ4n) is 3.67. The molecule has 156 valence electrons. The molecule has 1 aliphatic rings. The molecule has 3 rings (SSSR count). The highest BCUT2D eigenvalue weighted by molar-refractivity contribution is 7.17. The highest BCUT2D eigenvalue weighted by atomic mass is 35.5. The van der Waals surface area contributed by atoms with Gasteiger partial charge in [0.05, 0.1) is 30.3 Å². The molecule has 1 amide bonds. The summed E-state index contributed by atoms with van der Waals surface area (Å²) in [6.45, 7) is 2.58. The Hall–Kier alpha value is -1.96. The highest BCUT2D eigenvalue weighted by Crippen LogP contribution is 2.39. The van der Waals surface area contributed by atoms with Gasteiger partial charge in [0.1, 0.15) is 17.4 Å². The van der Waals surface area contributed by atoms with Crippen molar-refractivity contribution < 1.29 is 23.6 Å². The molecule has 0 saturated heterocycles. The first-order chi connectivity index (χ1) is 13.8. The Kier molecular flexibility index (Phi) is 6.93. The van der Waals surface area contributed by atoms with Gasteiger partial charge in [-0.15, -0.1) is 11.3 Å². The smallest absolute Gasteiger partial charge is 0.341 e. The summed E-state index contributed by atoms with van der Waals surface area (Å²) in [5, 5.41) is 3.76. The van der Waals surface area contributed by atoms with Gasteiger partial charge >= 0.3 is 5.97 Å². The number of thiophene rings is 1. The van der Waals surface area contributed by atoms with Crippen LogP contribution in [0.15, 0.2) is 18.2 Å². The predicted octanol–water partition coefficient (Wildman–Crippen LogP) is 3.11. The third-order valence-corrected chi connectivity index (χ3v) is 6.68. The fourth-order valence-corrected chi connectivity index (χ4v) is 5.31. The number of esters is 1. The molecule has 2 aromatic rings. The lowest BCUT2D eigenvalue weighted by Gasteiger charge is -2.18. The average Bonchev–Trinajstić information content (AvgIpc) is 3.00. The first-order valence-corrected chi connectivity index (χ1v) is 10.8. The monoisotopic (exact) mass is 439 g/mol. The number of methoxy groups -OCH3 is 1. The molecule has 2 atom stereocenters. The average molecular weight is 440 g/mol. The number of ether oxygens (including phenoxy) is 1. The van der Waals surface area contributed by atoms with Gasteiger partial charge in [-0.2, -0.15) is 0 Å². The van der Waals surface area contributed by atoms with Gasteiger partial charge in [-0.25, -0.2) is 9.18 Å². The molecule has 5 nitrogen and oxygen atoms in total. The summed E-state index contributed by atoms with van der Waals surface area (Å²) < 4.78 is 18.9. The van der Waals surface area contributed by atoms with Crippen molar-refractivity contribution >= 4 is 39.8 Å². The van der Waals surface area contributed by atoms with Gasteiger partial charge in [-0.1, -0.05) is 24.6 Å². The van der Waals surface area contributed by atoms with Crippen molar-refractivity contribution in [2.75, 3.05) is 26.0 Å². The SMILES string of the molecule is COC(=O)c1c(NC(=O)C[NH+](C)Cc2c(F)cccc2Cl)sc2c1CC[C@H](C)C2. The summed E-state index contributed by atoms with van der Waals surface area (Å²) in [7, 11) is 3.14. The van der Waals surface area contributed by atoms with E-state index in [-0.39, 0.29) is 24.8 Å². The second kappa shape index (κ2) is 9.24. The maximum Gasteiger partial charge on any atom is 0.341 e. The number of anilines is 1. The van der Waals surface area contributed by atoms with Crippen LogP contribution in [0.1, 0.15) is 39.7 Å². The van der Waals surface area contributed by atoms with E-state index in [9.17, 15) is 14.0 Å². The summed E-state index contributed by atoms with van der Waals surface area (Å²) in [4.78, 5) is 26.9. The van der Waals surface area contributed by atoms with Gasteiger partial charge in [0.25, 0.3) is 5.91 Å². The Labute approximate surface area is 178 Å². The normalized spacial score (nSPS) is 16.8. The number of carbonyl (C=O) groups excluding carboxylic acids is 2. The Bertz CT molecular complexity index is 911. The van der Waals surface area contributed by atoms with Crippen LogP contribution in [0.2, 0.25) is 5.02 Å². The molecule has 2 N–H and O–H groups in total. The number of fused-ring (bicyclic) bond motifs is 1. The van der Waals surface area contributed by atoms with Gasteiger partial charge in [0.2, 0.25) is 0 Å². The second-order valence-corrected chi connectivity index (χ2v) is 9.12. The quantitative estimate of drug-likeness (QED) is 0.680. The van der Waals surface area contributed by atoms with Crippen LogP contribution >= 0.6 is 22.9 Å². The topological polar surface area (TPSA) is 59.8 Å². The molecular formula is C21H25ClFN2O3S+. The number of amides is 1. The molecule has 0 aliphatic heterocycles. The Morgan fingerprint density at radius 1 is 1.41 bits per heavy atom. The van der Waals surface area contributed by atoms with Crippen molar-refractivity contribution in [3.63, 3.8) is 0 Å². The minimum atomic E-state index is -0.425. The number of hydrogen-bond donors (Lipinski definition) is 2. The van der Waals surface area contributed by atoms with E-state index in [1.807, 2.05) is 0 Å².